The number of carbonyl (C=O) groups is 1. The Morgan fingerprint density at radius 2 is 2.26 bits per heavy atom. The third-order valence-corrected chi connectivity index (χ3v) is 4.79. The molecule has 0 aliphatic carbocycles. The number of rotatable bonds is 3. The van der Waals surface area contributed by atoms with Crippen molar-refractivity contribution in [3.63, 3.8) is 0 Å². The summed E-state index contributed by atoms with van der Waals surface area (Å²) in [5.41, 5.74) is 8.87. The fraction of sp³-hybridized carbons (Fsp3) is 0.235. The van der Waals surface area contributed by atoms with Crippen LogP contribution in [0.5, 0.6) is 0 Å². The maximum atomic E-state index is 11.9. The van der Waals surface area contributed by atoms with Crippen LogP contribution in [0.3, 0.4) is 0 Å². The average Bonchev–Trinajstić information content (AvgIpc) is 3.03. The van der Waals surface area contributed by atoms with Crippen molar-refractivity contribution in [3.05, 3.63) is 40.3 Å². The van der Waals surface area contributed by atoms with Crippen molar-refractivity contribution in [1.29, 1.82) is 0 Å². The van der Waals surface area contributed by atoms with Gasteiger partial charge in [-0.15, -0.1) is 23.7 Å². The lowest BCUT2D eigenvalue weighted by Crippen LogP contribution is -2.42. The van der Waals surface area contributed by atoms with Gasteiger partial charge in [0.2, 0.25) is 5.91 Å². The molecule has 0 radical (unpaired) electrons. The van der Waals surface area contributed by atoms with Crippen LogP contribution in [0.25, 0.3) is 11.1 Å². The molecule has 0 spiro atoms. The number of amides is 1. The number of nitrogens with zero attached hydrogens (tertiary/aromatic N) is 3. The Kier molecular flexibility index (Phi) is 4.13. The second-order valence-electron chi connectivity index (χ2n) is 5.36. The minimum Gasteiger partial charge on any atom is -0.369 e. The molecule has 6 heteroatoms. The highest BCUT2D eigenvalue weighted by Gasteiger charge is 2.26. The summed E-state index contributed by atoms with van der Waals surface area (Å²) >= 11 is 1.57. The van der Waals surface area contributed by atoms with E-state index in [9.17, 15) is 4.79 Å². The molecule has 1 aliphatic heterocycles. The first-order chi connectivity index (χ1) is 11.1. The van der Waals surface area contributed by atoms with Crippen molar-refractivity contribution in [2.75, 3.05) is 7.05 Å². The van der Waals surface area contributed by atoms with Crippen molar-refractivity contribution in [3.8, 4) is 23.5 Å². The van der Waals surface area contributed by atoms with Gasteiger partial charge in [-0.05, 0) is 28.6 Å². The van der Waals surface area contributed by atoms with E-state index in [1.54, 1.807) is 24.6 Å². The third kappa shape index (κ3) is 3.10. The summed E-state index contributed by atoms with van der Waals surface area (Å²) in [6.07, 6.45) is 9.83. The van der Waals surface area contributed by atoms with Crippen molar-refractivity contribution in [2.24, 2.45) is 10.7 Å². The number of thiophene rings is 1. The van der Waals surface area contributed by atoms with Gasteiger partial charge in [0.05, 0.1) is 12.5 Å². The van der Waals surface area contributed by atoms with E-state index in [-0.39, 0.29) is 17.9 Å². The number of hydrogen-bond acceptors (Lipinski definition) is 5. The summed E-state index contributed by atoms with van der Waals surface area (Å²) in [5, 5.41) is 2.04. The highest BCUT2D eigenvalue weighted by atomic mass is 32.1. The second kappa shape index (κ2) is 6.23. The Morgan fingerprint density at radius 1 is 1.43 bits per heavy atom. The first-order valence-electron chi connectivity index (χ1n) is 7.14. The standard InChI is InChI=1S/C17H16N4OS/c1-3-4-11-5-12(9-19-8-11)13-6-15(23-10-13)14-7-16(22)21(2)17(18)20-14/h1,5-6,8-10,14H,4,7H2,2H3,(H2,18,20)/t14-/m0/s1. The fourth-order valence-corrected chi connectivity index (χ4v) is 3.38. The van der Waals surface area contributed by atoms with Crippen molar-refractivity contribution in [2.45, 2.75) is 18.9 Å². The molecular weight excluding hydrogens is 308 g/mol. The highest BCUT2D eigenvalue weighted by Crippen LogP contribution is 2.34. The van der Waals surface area contributed by atoms with Crippen LogP contribution in [-0.2, 0) is 11.2 Å². The number of aliphatic imine (C=N–C) groups is 1. The van der Waals surface area contributed by atoms with Crippen LogP contribution < -0.4 is 5.73 Å². The zero-order valence-corrected chi connectivity index (χ0v) is 13.5. The van der Waals surface area contributed by atoms with E-state index in [1.807, 2.05) is 23.7 Å². The monoisotopic (exact) mass is 324 g/mol. The lowest BCUT2D eigenvalue weighted by Gasteiger charge is -2.24. The summed E-state index contributed by atoms with van der Waals surface area (Å²) in [5.74, 6) is 2.87. The van der Waals surface area contributed by atoms with Crippen LogP contribution in [0, 0.1) is 12.3 Å². The largest absolute Gasteiger partial charge is 0.369 e. The van der Waals surface area contributed by atoms with E-state index in [0.717, 1.165) is 21.6 Å². The Morgan fingerprint density at radius 3 is 3.00 bits per heavy atom. The molecule has 0 bridgehead atoms. The predicted octanol–water partition coefficient (Wildman–Crippen LogP) is 2.20. The molecule has 0 aromatic carbocycles. The van der Waals surface area contributed by atoms with Crippen molar-refractivity contribution in [1.82, 2.24) is 9.88 Å². The number of guanidine groups is 1. The van der Waals surface area contributed by atoms with Gasteiger partial charge in [-0.1, -0.05) is 0 Å². The fourth-order valence-electron chi connectivity index (χ4n) is 2.43. The zero-order chi connectivity index (χ0) is 16.4. The second-order valence-corrected chi connectivity index (χ2v) is 6.30. The molecule has 5 nitrogen and oxygen atoms in total. The molecular formula is C17H16N4OS. The molecule has 1 aliphatic rings. The van der Waals surface area contributed by atoms with E-state index < -0.39 is 0 Å². The molecule has 0 fully saturated rings. The zero-order valence-electron chi connectivity index (χ0n) is 12.7. The summed E-state index contributed by atoms with van der Waals surface area (Å²) in [4.78, 5) is 23.0. The molecule has 1 amide bonds. The van der Waals surface area contributed by atoms with Crippen LogP contribution in [-0.4, -0.2) is 28.8 Å². The highest BCUT2D eigenvalue weighted by molar-refractivity contribution is 7.10. The SMILES string of the molecule is C#CCc1cncc(-c2csc([C@@H]3CC(=O)N(C)C(N)=N3)c2)c1. The molecule has 0 unspecified atom stereocenters. The molecule has 0 saturated carbocycles. The normalized spacial score (nSPS) is 17.7. The van der Waals surface area contributed by atoms with E-state index in [4.69, 9.17) is 12.2 Å². The minimum absolute atomic E-state index is 0.0184. The van der Waals surface area contributed by atoms with Gasteiger partial charge < -0.3 is 5.73 Å². The van der Waals surface area contributed by atoms with Gasteiger partial charge in [0.15, 0.2) is 5.96 Å². The predicted molar refractivity (Wildman–Crippen MR) is 91.8 cm³/mol. The van der Waals surface area contributed by atoms with E-state index >= 15 is 0 Å². The molecule has 2 aromatic heterocycles. The lowest BCUT2D eigenvalue weighted by atomic mass is 10.1. The number of nitrogens with two attached hydrogens (primary N) is 1. The summed E-state index contributed by atoms with van der Waals surface area (Å²) in [6, 6.07) is 3.87. The topological polar surface area (TPSA) is 71.6 Å². The molecule has 3 heterocycles. The van der Waals surface area contributed by atoms with Gasteiger partial charge in [-0.3, -0.25) is 14.7 Å². The Labute approximate surface area is 138 Å². The number of pyridine rings is 1. The lowest BCUT2D eigenvalue weighted by molar-refractivity contribution is -0.127. The molecule has 3 rings (SSSR count). The Hall–Kier alpha value is -2.65. The quantitative estimate of drug-likeness (QED) is 0.880. The first kappa shape index (κ1) is 15.3. The maximum absolute atomic E-state index is 11.9. The third-order valence-electron chi connectivity index (χ3n) is 3.76. The first-order valence-corrected chi connectivity index (χ1v) is 8.02. The van der Waals surface area contributed by atoms with Gasteiger partial charge in [0.25, 0.3) is 0 Å². The summed E-state index contributed by atoms with van der Waals surface area (Å²) in [7, 11) is 1.64. The smallest absolute Gasteiger partial charge is 0.231 e. The van der Waals surface area contributed by atoms with E-state index in [1.165, 1.54) is 4.90 Å². The van der Waals surface area contributed by atoms with Crippen LogP contribution in [0.15, 0.2) is 34.9 Å². The number of hydrogen-bond donors (Lipinski definition) is 1. The number of aromatic nitrogens is 1. The van der Waals surface area contributed by atoms with E-state index in [0.29, 0.717) is 12.8 Å². The van der Waals surface area contributed by atoms with Gasteiger partial charge in [-0.25, -0.2) is 4.99 Å². The van der Waals surface area contributed by atoms with Gasteiger partial charge >= 0.3 is 0 Å². The average molecular weight is 324 g/mol. The summed E-state index contributed by atoms with van der Waals surface area (Å²) < 4.78 is 0. The minimum atomic E-state index is -0.209. The van der Waals surface area contributed by atoms with E-state index in [2.05, 4.69) is 15.9 Å². The van der Waals surface area contributed by atoms with Gasteiger partial charge in [0.1, 0.15) is 0 Å². The number of carbonyl (C=O) groups excluding carboxylic acids is 1. The number of terminal acetylenes is 1. The van der Waals surface area contributed by atoms with Crippen molar-refractivity contribution < 1.29 is 4.79 Å². The Balaban J connectivity index is 1.88. The molecule has 1 atom stereocenters. The van der Waals surface area contributed by atoms with Crippen LogP contribution in [0.4, 0.5) is 0 Å². The molecule has 2 N–H and O–H groups in total. The van der Waals surface area contributed by atoms with Crippen LogP contribution >= 0.6 is 11.3 Å². The van der Waals surface area contributed by atoms with Crippen LogP contribution in [0.2, 0.25) is 0 Å². The summed E-state index contributed by atoms with van der Waals surface area (Å²) in [6.45, 7) is 0. The van der Waals surface area contributed by atoms with Gasteiger partial charge in [-0.2, -0.15) is 0 Å². The van der Waals surface area contributed by atoms with Crippen molar-refractivity contribution >= 4 is 23.2 Å². The molecule has 2 aromatic rings. The molecule has 0 saturated heterocycles. The van der Waals surface area contributed by atoms with Gasteiger partial charge in [0, 0.05) is 36.3 Å². The Bertz CT molecular complexity index is 818. The molecule has 23 heavy (non-hydrogen) atoms. The van der Waals surface area contributed by atoms with Crippen LogP contribution in [0.1, 0.15) is 22.9 Å². The molecule has 116 valence electrons. The maximum Gasteiger partial charge on any atom is 0.231 e.